The monoisotopic (exact) mass is 834 g/mol. The Morgan fingerprint density at radius 1 is 0.593 bits per heavy atom. The molecular formula is C43H70N4O12. The third-order valence-corrected chi connectivity index (χ3v) is 15.8. The molecule has 0 heterocycles. The molecule has 0 spiro atoms. The first-order valence-electron chi connectivity index (χ1n) is 22.9. The lowest BCUT2D eigenvalue weighted by Crippen LogP contribution is -2.52. The van der Waals surface area contributed by atoms with E-state index in [1.54, 1.807) is 0 Å². The zero-order chi connectivity index (χ0) is 42.3. The van der Waals surface area contributed by atoms with E-state index in [1.807, 2.05) is 0 Å². The van der Waals surface area contributed by atoms with Crippen LogP contribution in [0.4, 0.5) is 0 Å². The average Bonchev–Trinajstić information content (AvgIpc) is 3.22. The summed E-state index contributed by atoms with van der Waals surface area (Å²) in [7, 11) is 0. The zero-order valence-corrected chi connectivity index (χ0v) is 35.2. The molecule has 59 heavy (non-hydrogen) atoms. The summed E-state index contributed by atoms with van der Waals surface area (Å²) in [5.41, 5.74) is 3.33. The third kappa shape index (κ3) is 11.7. The van der Waals surface area contributed by atoms with Gasteiger partial charge in [-0.25, -0.2) is 0 Å². The van der Waals surface area contributed by atoms with Crippen LogP contribution in [-0.4, -0.2) is 93.1 Å². The van der Waals surface area contributed by atoms with Gasteiger partial charge in [-0.2, -0.15) is 5.48 Å². The van der Waals surface area contributed by atoms with Crippen molar-refractivity contribution in [3.05, 3.63) is 20.2 Å². The molecule has 0 aliphatic heterocycles. The predicted octanol–water partition coefficient (Wildman–Crippen LogP) is 6.72. The van der Waals surface area contributed by atoms with Crippen LogP contribution in [0, 0.1) is 61.2 Å². The molecule has 6 aliphatic carbocycles. The first-order valence-corrected chi connectivity index (χ1v) is 22.9. The number of carbonyl (C=O) groups excluding carboxylic acids is 1. The Morgan fingerprint density at radius 3 is 1.47 bits per heavy atom. The van der Waals surface area contributed by atoms with Crippen molar-refractivity contribution in [1.82, 2.24) is 10.8 Å². The number of amides is 1. The van der Waals surface area contributed by atoms with Crippen molar-refractivity contribution >= 4 is 17.8 Å². The van der Waals surface area contributed by atoms with Gasteiger partial charge in [-0.3, -0.25) is 34.6 Å². The van der Waals surface area contributed by atoms with Crippen molar-refractivity contribution in [1.29, 1.82) is 0 Å². The fourth-order valence-corrected chi connectivity index (χ4v) is 12.1. The van der Waals surface area contributed by atoms with Crippen LogP contribution >= 0.6 is 0 Å². The third-order valence-electron chi connectivity index (χ3n) is 15.8. The molecule has 16 heteroatoms. The van der Waals surface area contributed by atoms with Crippen molar-refractivity contribution in [3.63, 3.8) is 0 Å². The van der Waals surface area contributed by atoms with Crippen LogP contribution in [0.1, 0.15) is 155 Å². The topological polar surface area (TPSA) is 230 Å². The Labute approximate surface area is 348 Å². The summed E-state index contributed by atoms with van der Waals surface area (Å²) in [6.07, 6.45) is 18.8. The Kier molecular flexibility index (Phi) is 16.0. The van der Waals surface area contributed by atoms with Crippen LogP contribution in [0.3, 0.4) is 0 Å². The first-order chi connectivity index (χ1) is 28.2. The number of nitrogens with one attached hydrogen (secondary N) is 2. The van der Waals surface area contributed by atoms with Gasteiger partial charge in [0.2, 0.25) is 18.0 Å². The van der Waals surface area contributed by atoms with Crippen LogP contribution in [-0.2, 0) is 28.7 Å². The highest BCUT2D eigenvalue weighted by Gasteiger charge is 2.49. The fourth-order valence-electron chi connectivity index (χ4n) is 12.1. The lowest BCUT2D eigenvalue weighted by Gasteiger charge is -2.47. The van der Waals surface area contributed by atoms with Crippen LogP contribution in [0.5, 0.6) is 0 Å². The lowest BCUT2D eigenvalue weighted by molar-refractivity contribution is -0.538. The van der Waals surface area contributed by atoms with E-state index in [0.717, 1.165) is 89.9 Å². The maximum atomic E-state index is 13.2. The molecule has 6 fully saturated rings. The molecule has 0 radical (unpaired) electrons. The van der Waals surface area contributed by atoms with E-state index in [-0.39, 0.29) is 66.3 Å². The summed E-state index contributed by atoms with van der Waals surface area (Å²) in [6, 6.07) is -2.04. The molecule has 0 bridgehead atoms. The quantitative estimate of drug-likeness (QED) is 0.0937. The van der Waals surface area contributed by atoms with Crippen molar-refractivity contribution < 1.29 is 48.8 Å². The van der Waals surface area contributed by atoms with Gasteiger partial charge in [-0.05, 0) is 146 Å². The van der Waals surface area contributed by atoms with Gasteiger partial charge in [0.05, 0.1) is 48.8 Å². The molecular weight excluding hydrogens is 764 g/mol. The van der Waals surface area contributed by atoms with Gasteiger partial charge in [0.1, 0.15) is 5.92 Å². The summed E-state index contributed by atoms with van der Waals surface area (Å²) in [5.74, 6) is -4.85. The Bertz CT molecular complexity index is 1390. The summed E-state index contributed by atoms with van der Waals surface area (Å²) in [6.45, 7) is 4.95. The van der Waals surface area contributed by atoms with Gasteiger partial charge in [0, 0.05) is 34.8 Å². The summed E-state index contributed by atoms with van der Waals surface area (Å²) in [5, 5.41) is 45.5. The highest BCUT2D eigenvalue weighted by Crippen LogP contribution is 2.49. The second kappa shape index (κ2) is 20.7. The molecule has 6 saturated carbocycles. The van der Waals surface area contributed by atoms with Crippen LogP contribution in [0.15, 0.2) is 0 Å². The Morgan fingerprint density at radius 2 is 1.02 bits per heavy atom. The number of rotatable bonds is 16. The first kappa shape index (κ1) is 45.6. The van der Waals surface area contributed by atoms with Crippen LogP contribution < -0.4 is 10.8 Å². The molecule has 4 N–H and O–H groups in total. The van der Waals surface area contributed by atoms with Gasteiger partial charge in [0.15, 0.2) is 0 Å². The van der Waals surface area contributed by atoms with E-state index >= 15 is 0 Å². The Hall–Kier alpha value is -2.95. The van der Waals surface area contributed by atoms with Crippen molar-refractivity contribution in [2.24, 2.45) is 40.9 Å². The molecule has 6 rings (SSSR count). The van der Waals surface area contributed by atoms with E-state index in [0.29, 0.717) is 37.5 Å². The normalized spacial score (nSPS) is 38.5. The minimum atomic E-state index is -1.16. The van der Waals surface area contributed by atoms with E-state index in [4.69, 9.17) is 14.3 Å². The van der Waals surface area contributed by atoms with Gasteiger partial charge in [0.25, 0.3) is 0 Å². The number of ether oxygens (including phenoxy) is 2. The van der Waals surface area contributed by atoms with E-state index in [9.17, 15) is 44.8 Å². The number of nitrogens with zero attached hydrogens (tertiary/aromatic N) is 2. The molecule has 6 aliphatic rings. The standard InChI is InChI=1S/C43H70N4O12/c1-43(2,26-9-17-30(18-10-26)58-32-21-13-28(14-22-32)44-40(48)39-35(42(51)52)6-4-8-38(39)47(55)56)27-11-19-31(20-12-27)59-33-23-15-29(16-24-33)45-57-25-36-34(41(49)50)5-3-7-37(36)46(53)54/h26-39,45H,3-25H2,1-2H3,(H,44,48)(H,49,50)(H,51,52). The smallest absolute Gasteiger partial charge is 0.307 e. The lowest BCUT2D eigenvalue weighted by atomic mass is 9.60. The number of hydroxylamine groups is 1. The highest BCUT2D eigenvalue weighted by molar-refractivity contribution is 5.85. The minimum absolute atomic E-state index is 0.0262. The SMILES string of the molecule is CC(C)(C1CCC(OC2CCC(NOCC3C(C(=O)O)CCCC3[N+](=O)[O-])CC2)CC1)C1CCC(OC2CCC(NC(=O)C3C(C(=O)O)CCCC3[N+](=O)[O-])CC2)CC1. The van der Waals surface area contributed by atoms with Crippen molar-refractivity contribution in [3.8, 4) is 0 Å². The highest BCUT2D eigenvalue weighted by atomic mass is 16.7. The largest absolute Gasteiger partial charge is 0.481 e. The molecule has 0 aromatic carbocycles. The van der Waals surface area contributed by atoms with Gasteiger partial charge in [-0.1, -0.05) is 13.8 Å². The second-order valence-corrected chi connectivity index (χ2v) is 19.6. The van der Waals surface area contributed by atoms with Gasteiger partial charge < -0.3 is 29.8 Å². The molecule has 16 nitrogen and oxygen atoms in total. The number of nitro groups is 2. The zero-order valence-electron chi connectivity index (χ0n) is 35.2. The van der Waals surface area contributed by atoms with Crippen molar-refractivity contribution in [2.45, 2.75) is 204 Å². The molecule has 0 aromatic rings. The minimum Gasteiger partial charge on any atom is -0.481 e. The molecule has 334 valence electrons. The number of carboxylic acid groups (broad SMARTS) is 2. The number of hydrogen-bond acceptors (Lipinski definition) is 11. The number of carboxylic acids is 2. The molecule has 0 aromatic heterocycles. The summed E-state index contributed by atoms with van der Waals surface area (Å²) >= 11 is 0. The predicted molar refractivity (Wildman–Crippen MR) is 215 cm³/mol. The molecule has 1 amide bonds. The van der Waals surface area contributed by atoms with E-state index < -0.39 is 58.5 Å². The molecule has 0 saturated heterocycles. The second-order valence-electron chi connectivity index (χ2n) is 19.6. The maximum Gasteiger partial charge on any atom is 0.307 e. The number of carbonyl (C=O) groups is 3. The van der Waals surface area contributed by atoms with Crippen molar-refractivity contribution in [2.75, 3.05) is 6.61 Å². The van der Waals surface area contributed by atoms with E-state index in [1.165, 1.54) is 12.8 Å². The Balaban J connectivity index is 0.844. The van der Waals surface area contributed by atoms with Crippen LogP contribution in [0.25, 0.3) is 0 Å². The van der Waals surface area contributed by atoms with Gasteiger partial charge in [-0.15, -0.1) is 0 Å². The summed E-state index contributed by atoms with van der Waals surface area (Å²) in [4.78, 5) is 64.9. The fraction of sp³-hybridized carbons (Fsp3) is 0.930. The van der Waals surface area contributed by atoms with Gasteiger partial charge >= 0.3 is 11.9 Å². The molecule has 6 unspecified atom stereocenters. The number of hydrogen-bond donors (Lipinski definition) is 4. The number of aliphatic carboxylic acids is 2. The average molecular weight is 835 g/mol. The summed E-state index contributed by atoms with van der Waals surface area (Å²) < 4.78 is 13.3. The maximum absolute atomic E-state index is 13.2. The molecule has 6 atom stereocenters. The van der Waals surface area contributed by atoms with E-state index in [2.05, 4.69) is 24.6 Å². The van der Waals surface area contributed by atoms with Crippen LogP contribution in [0.2, 0.25) is 0 Å².